The molecule has 1 N–H and O–H groups in total. The molecule has 0 heterocycles. The van der Waals surface area contributed by atoms with Crippen molar-refractivity contribution in [2.45, 2.75) is 33.7 Å². The van der Waals surface area contributed by atoms with Gasteiger partial charge in [0.1, 0.15) is 5.82 Å². The van der Waals surface area contributed by atoms with E-state index in [0.717, 1.165) is 17.7 Å². The summed E-state index contributed by atoms with van der Waals surface area (Å²) in [4.78, 5) is 0. The van der Waals surface area contributed by atoms with Gasteiger partial charge in [0.05, 0.1) is 0 Å². The summed E-state index contributed by atoms with van der Waals surface area (Å²) in [6.45, 7) is 9.19. The first-order valence-electron chi connectivity index (χ1n) is 5.55. The van der Waals surface area contributed by atoms with Gasteiger partial charge in [-0.2, -0.15) is 0 Å². The van der Waals surface area contributed by atoms with E-state index in [1.54, 1.807) is 12.1 Å². The van der Waals surface area contributed by atoms with Gasteiger partial charge in [-0.15, -0.1) is 0 Å². The summed E-state index contributed by atoms with van der Waals surface area (Å²) in [5.74, 6) is 0.319. The Balaban J connectivity index is 2.99. The van der Waals surface area contributed by atoms with Gasteiger partial charge in [0, 0.05) is 6.04 Å². The minimum Gasteiger partial charge on any atom is -0.310 e. The highest BCUT2D eigenvalue weighted by Crippen LogP contribution is 2.23. The summed E-state index contributed by atoms with van der Waals surface area (Å²) in [6, 6.07) is 5.48. The lowest BCUT2D eigenvalue weighted by atomic mass is 9.95. The minimum atomic E-state index is -0.145. The maximum absolute atomic E-state index is 13.3. The van der Waals surface area contributed by atoms with Crippen molar-refractivity contribution in [3.8, 4) is 0 Å². The van der Waals surface area contributed by atoms with Gasteiger partial charge in [0.2, 0.25) is 0 Å². The summed E-state index contributed by atoms with van der Waals surface area (Å²) in [7, 11) is 0. The van der Waals surface area contributed by atoms with Gasteiger partial charge in [0.25, 0.3) is 0 Å². The lowest BCUT2D eigenvalue weighted by Crippen LogP contribution is -2.25. The first-order chi connectivity index (χ1) is 7.04. The Morgan fingerprint density at radius 2 is 1.93 bits per heavy atom. The molecule has 0 saturated heterocycles. The van der Waals surface area contributed by atoms with Crippen LogP contribution in [-0.2, 0) is 0 Å². The predicted molar refractivity (Wildman–Crippen MR) is 62.4 cm³/mol. The van der Waals surface area contributed by atoms with Crippen LogP contribution in [0.15, 0.2) is 18.2 Å². The van der Waals surface area contributed by atoms with Crippen molar-refractivity contribution in [2.24, 2.45) is 5.92 Å². The fourth-order valence-corrected chi connectivity index (χ4v) is 1.90. The molecule has 0 bridgehead atoms. The van der Waals surface area contributed by atoms with Crippen molar-refractivity contribution < 1.29 is 4.39 Å². The normalized spacial score (nSPS) is 13.2. The van der Waals surface area contributed by atoms with Crippen molar-refractivity contribution in [2.75, 3.05) is 6.54 Å². The van der Waals surface area contributed by atoms with E-state index in [9.17, 15) is 4.39 Å². The number of hydrogen-bond donors (Lipinski definition) is 1. The molecule has 1 atom stereocenters. The Hall–Kier alpha value is -0.890. The van der Waals surface area contributed by atoms with Crippen LogP contribution < -0.4 is 5.32 Å². The van der Waals surface area contributed by atoms with Gasteiger partial charge in [0.15, 0.2) is 0 Å². The number of halogens is 1. The van der Waals surface area contributed by atoms with Crippen molar-refractivity contribution in [1.29, 1.82) is 0 Å². The van der Waals surface area contributed by atoms with E-state index in [1.165, 1.54) is 0 Å². The summed E-state index contributed by atoms with van der Waals surface area (Å²) in [5.41, 5.74) is 2.03. The van der Waals surface area contributed by atoms with Crippen LogP contribution >= 0.6 is 0 Å². The summed E-state index contributed by atoms with van der Waals surface area (Å²) >= 11 is 0. The van der Waals surface area contributed by atoms with Gasteiger partial charge >= 0.3 is 0 Å². The summed E-state index contributed by atoms with van der Waals surface area (Å²) < 4.78 is 13.3. The molecule has 0 aliphatic heterocycles. The number of nitrogens with one attached hydrogen (secondary N) is 1. The van der Waals surface area contributed by atoms with Crippen LogP contribution in [0.3, 0.4) is 0 Å². The predicted octanol–water partition coefficient (Wildman–Crippen LogP) is 3.44. The van der Waals surface area contributed by atoms with Crippen LogP contribution in [0.2, 0.25) is 0 Å². The molecular weight excluding hydrogens is 189 g/mol. The van der Waals surface area contributed by atoms with Gasteiger partial charge in [-0.25, -0.2) is 4.39 Å². The molecule has 0 aliphatic rings. The van der Waals surface area contributed by atoms with Crippen LogP contribution in [0.1, 0.15) is 37.9 Å². The fraction of sp³-hybridized carbons (Fsp3) is 0.538. The maximum Gasteiger partial charge on any atom is 0.123 e. The van der Waals surface area contributed by atoms with Crippen LogP contribution in [0, 0.1) is 18.7 Å². The van der Waals surface area contributed by atoms with Crippen molar-refractivity contribution >= 4 is 0 Å². The van der Waals surface area contributed by atoms with E-state index in [0.29, 0.717) is 5.92 Å². The number of hydrogen-bond acceptors (Lipinski definition) is 1. The van der Waals surface area contributed by atoms with Gasteiger partial charge in [-0.1, -0.05) is 26.8 Å². The van der Waals surface area contributed by atoms with Crippen LogP contribution in [0.25, 0.3) is 0 Å². The van der Waals surface area contributed by atoms with Crippen LogP contribution in [0.5, 0.6) is 0 Å². The Kier molecular flexibility index (Phi) is 4.28. The topological polar surface area (TPSA) is 12.0 Å². The van der Waals surface area contributed by atoms with Gasteiger partial charge < -0.3 is 5.32 Å². The molecule has 15 heavy (non-hydrogen) atoms. The molecule has 1 aromatic carbocycles. The number of aryl methyl sites for hydroxylation is 1. The zero-order valence-electron chi connectivity index (χ0n) is 9.97. The van der Waals surface area contributed by atoms with Gasteiger partial charge in [-0.3, -0.25) is 0 Å². The van der Waals surface area contributed by atoms with Crippen LogP contribution in [-0.4, -0.2) is 6.54 Å². The SMILES string of the molecule is CCNC(c1cc(C)cc(F)c1)C(C)C. The maximum atomic E-state index is 13.3. The second-order valence-electron chi connectivity index (χ2n) is 4.34. The molecule has 0 spiro atoms. The van der Waals surface area contributed by atoms with Crippen molar-refractivity contribution in [3.05, 3.63) is 35.1 Å². The van der Waals surface area contributed by atoms with E-state index in [2.05, 4.69) is 32.2 Å². The minimum absolute atomic E-state index is 0.145. The lowest BCUT2D eigenvalue weighted by molar-refractivity contribution is 0.419. The molecule has 1 unspecified atom stereocenters. The molecule has 1 aromatic rings. The van der Waals surface area contributed by atoms with E-state index >= 15 is 0 Å². The molecular formula is C13H20FN. The molecule has 2 heteroatoms. The number of rotatable bonds is 4. The average Bonchev–Trinajstić information content (AvgIpc) is 2.11. The first kappa shape index (κ1) is 12.2. The van der Waals surface area contributed by atoms with Crippen molar-refractivity contribution in [3.63, 3.8) is 0 Å². The van der Waals surface area contributed by atoms with Crippen molar-refractivity contribution in [1.82, 2.24) is 5.32 Å². The lowest BCUT2D eigenvalue weighted by Gasteiger charge is -2.22. The molecule has 84 valence electrons. The third-order valence-electron chi connectivity index (χ3n) is 2.51. The Labute approximate surface area is 91.7 Å². The highest BCUT2D eigenvalue weighted by Gasteiger charge is 2.15. The molecule has 0 radical (unpaired) electrons. The van der Waals surface area contributed by atoms with Gasteiger partial charge in [-0.05, 0) is 42.6 Å². The second-order valence-corrected chi connectivity index (χ2v) is 4.34. The van der Waals surface area contributed by atoms with E-state index in [-0.39, 0.29) is 11.9 Å². The molecule has 0 aliphatic carbocycles. The van der Waals surface area contributed by atoms with E-state index < -0.39 is 0 Å². The fourth-order valence-electron chi connectivity index (χ4n) is 1.90. The van der Waals surface area contributed by atoms with E-state index in [1.807, 2.05) is 6.92 Å². The van der Waals surface area contributed by atoms with Crippen LogP contribution in [0.4, 0.5) is 4.39 Å². The molecule has 0 saturated carbocycles. The Bertz CT molecular complexity index is 300. The first-order valence-corrected chi connectivity index (χ1v) is 5.55. The second kappa shape index (κ2) is 5.26. The number of benzene rings is 1. The zero-order chi connectivity index (χ0) is 11.4. The molecule has 1 rings (SSSR count). The highest BCUT2D eigenvalue weighted by molar-refractivity contribution is 5.26. The molecule has 0 fully saturated rings. The monoisotopic (exact) mass is 209 g/mol. The molecule has 0 aromatic heterocycles. The summed E-state index contributed by atoms with van der Waals surface area (Å²) in [6.07, 6.45) is 0. The quantitative estimate of drug-likeness (QED) is 0.801. The third-order valence-corrected chi connectivity index (χ3v) is 2.51. The standard InChI is InChI=1S/C13H20FN/c1-5-15-13(9(2)3)11-6-10(4)7-12(14)8-11/h6-9,13,15H,5H2,1-4H3. The smallest absolute Gasteiger partial charge is 0.123 e. The highest BCUT2D eigenvalue weighted by atomic mass is 19.1. The largest absolute Gasteiger partial charge is 0.310 e. The molecule has 0 amide bonds. The third kappa shape index (κ3) is 3.31. The Morgan fingerprint density at radius 3 is 2.40 bits per heavy atom. The summed E-state index contributed by atoms with van der Waals surface area (Å²) in [5, 5.41) is 3.39. The molecule has 1 nitrogen and oxygen atoms in total. The van der Waals surface area contributed by atoms with E-state index in [4.69, 9.17) is 0 Å². The average molecular weight is 209 g/mol. The Morgan fingerprint density at radius 1 is 1.27 bits per heavy atom. The zero-order valence-corrected chi connectivity index (χ0v) is 9.97.